The van der Waals surface area contributed by atoms with Gasteiger partial charge in [0.2, 0.25) is 0 Å². The number of hydrogen-bond acceptors (Lipinski definition) is 2. The molecule has 0 saturated carbocycles. The summed E-state index contributed by atoms with van der Waals surface area (Å²) in [6, 6.07) is 3.88. The topological polar surface area (TPSA) is 46.2 Å². The van der Waals surface area contributed by atoms with Crippen LogP contribution in [0.4, 0.5) is 0 Å². The number of phenols is 1. The Bertz CT molecular complexity index is 363. The number of benzene rings is 1. The first kappa shape index (κ1) is 13.5. The van der Waals surface area contributed by atoms with Gasteiger partial charge in [-0.25, -0.2) is 0 Å². The van der Waals surface area contributed by atoms with Gasteiger partial charge in [-0.05, 0) is 48.1 Å². The van der Waals surface area contributed by atoms with Crippen molar-refractivity contribution in [1.82, 2.24) is 0 Å². The van der Waals surface area contributed by atoms with Crippen molar-refractivity contribution >= 4 is 15.9 Å². The number of aromatic hydroxyl groups is 1. The molecule has 16 heavy (non-hydrogen) atoms. The Labute approximate surface area is 106 Å². The summed E-state index contributed by atoms with van der Waals surface area (Å²) in [6.45, 7) is 6.96. The fourth-order valence-electron chi connectivity index (χ4n) is 1.84. The maximum Gasteiger partial charge on any atom is 0.119 e. The van der Waals surface area contributed by atoms with Crippen LogP contribution in [0.2, 0.25) is 0 Å². The smallest absolute Gasteiger partial charge is 0.119 e. The van der Waals surface area contributed by atoms with Crippen molar-refractivity contribution in [2.75, 3.05) is 6.54 Å². The Morgan fingerprint density at radius 3 is 2.38 bits per heavy atom. The molecule has 3 heteroatoms. The van der Waals surface area contributed by atoms with Gasteiger partial charge in [0.25, 0.3) is 0 Å². The van der Waals surface area contributed by atoms with Crippen LogP contribution < -0.4 is 5.73 Å². The van der Waals surface area contributed by atoms with E-state index < -0.39 is 0 Å². The summed E-state index contributed by atoms with van der Waals surface area (Å²) in [5, 5.41) is 10.0. The third kappa shape index (κ3) is 2.98. The number of phenolic OH excluding ortho intramolecular Hbond substituents is 1. The van der Waals surface area contributed by atoms with E-state index in [0.29, 0.717) is 24.1 Å². The van der Waals surface area contributed by atoms with Crippen LogP contribution in [0.5, 0.6) is 5.75 Å². The highest BCUT2D eigenvalue weighted by Gasteiger charge is 2.14. The summed E-state index contributed by atoms with van der Waals surface area (Å²) in [4.78, 5) is 0. The van der Waals surface area contributed by atoms with Crippen molar-refractivity contribution in [2.24, 2.45) is 5.73 Å². The third-order valence-electron chi connectivity index (χ3n) is 2.90. The monoisotopic (exact) mass is 285 g/mol. The van der Waals surface area contributed by atoms with Gasteiger partial charge in [0, 0.05) is 4.47 Å². The zero-order valence-corrected chi connectivity index (χ0v) is 11.7. The lowest BCUT2D eigenvalue weighted by Gasteiger charge is -2.16. The first-order valence-electron chi connectivity index (χ1n) is 5.69. The molecule has 0 saturated heterocycles. The molecule has 0 spiro atoms. The highest BCUT2D eigenvalue weighted by atomic mass is 79.9. The lowest BCUT2D eigenvalue weighted by molar-refractivity contribution is 0.459. The lowest BCUT2D eigenvalue weighted by Crippen LogP contribution is -2.05. The highest BCUT2D eigenvalue weighted by molar-refractivity contribution is 9.10. The van der Waals surface area contributed by atoms with Gasteiger partial charge in [-0.3, -0.25) is 0 Å². The zero-order chi connectivity index (χ0) is 12.3. The Balaban J connectivity index is 3.10. The Morgan fingerprint density at radius 1 is 1.25 bits per heavy atom. The van der Waals surface area contributed by atoms with E-state index in [9.17, 15) is 5.11 Å². The predicted octanol–water partition coefficient (Wildman–Crippen LogP) is 3.73. The van der Waals surface area contributed by atoms with E-state index in [4.69, 9.17) is 5.73 Å². The van der Waals surface area contributed by atoms with E-state index >= 15 is 0 Å². The van der Waals surface area contributed by atoms with E-state index in [-0.39, 0.29) is 0 Å². The molecule has 1 aromatic rings. The Morgan fingerprint density at radius 2 is 1.88 bits per heavy atom. The first-order valence-corrected chi connectivity index (χ1v) is 6.49. The van der Waals surface area contributed by atoms with Crippen molar-refractivity contribution < 1.29 is 5.11 Å². The number of nitrogens with two attached hydrogens (primary N) is 1. The van der Waals surface area contributed by atoms with Crippen molar-refractivity contribution in [3.05, 3.63) is 27.7 Å². The van der Waals surface area contributed by atoms with Crippen molar-refractivity contribution in [3.8, 4) is 5.75 Å². The second-order valence-electron chi connectivity index (χ2n) is 4.57. The minimum atomic E-state index is 0.294. The fourth-order valence-corrected chi connectivity index (χ4v) is 2.65. The first-order chi connectivity index (χ1) is 7.47. The number of halogens is 1. The van der Waals surface area contributed by atoms with E-state index in [1.807, 2.05) is 12.1 Å². The SMILES string of the molecule is CC(C)c1cc(O)c(C(C)CCN)cc1Br. The summed E-state index contributed by atoms with van der Waals surface area (Å²) in [5.41, 5.74) is 7.65. The van der Waals surface area contributed by atoms with Crippen LogP contribution in [0.3, 0.4) is 0 Å². The minimum Gasteiger partial charge on any atom is -0.508 e. The van der Waals surface area contributed by atoms with Crippen LogP contribution in [0.25, 0.3) is 0 Å². The van der Waals surface area contributed by atoms with Gasteiger partial charge >= 0.3 is 0 Å². The molecule has 0 aliphatic rings. The van der Waals surface area contributed by atoms with E-state index in [1.165, 1.54) is 0 Å². The standard InChI is InChI=1S/C13H20BrNO/c1-8(2)10-7-13(16)11(6-12(10)14)9(3)4-5-15/h6-9,16H,4-5,15H2,1-3H3. The Hall–Kier alpha value is -0.540. The molecule has 0 aromatic heterocycles. The summed E-state index contributed by atoms with van der Waals surface area (Å²) < 4.78 is 1.07. The van der Waals surface area contributed by atoms with Gasteiger partial charge in [-0.15, -0.1) is 0 Å². The van der Waals surface area contributed by atoms with Gasteiger partial charge in [-0.2, -0.15) is 0 Å². The summed E-state index contributed by atoms with van der Waals surface area (Å²) in [7, 11) is 0. The van der Waals surface area contributed by atoms with Gasteiger partial charge in [0.15, 0.2) is 0 Å². The largest absolute Gasteiger partial charge is 0.508 e. The maximum atomic E-state index is 10.0. The highest BCUT2D eigenvalue weighted by Crippen LogP contribution is 2.35. The molecule has 90 valence electrons. The summed E-state index contributed by atoms with van der Waals surface area (Å²) in [5.74, 6) is 1.08. The van der Waals surface area contributed by atoms with Gasteiger partial charge in [0.05, 0.1) is 0 Å². The lowest BCUT2D eigenvalue weighted by atomic mass is 9.93. The molecular weight excluding hydrogens is 266 g/mol. The molecule has 1 rings (SSSR count). The predicted molar refractivity (Wildman–Crippen MR) is 72.0 cm³/mol. The van der Waals surface area contributed by atoms with Crippen molar-refractivity contribution in [2.45, 2.75) is 39.0 Å². The average Bonchev–Trinajstić information content (AvgIpc) is 2.20. The summed E-state index contributed by atoms with van der Waals surface area (Å²) in [6.07, 6.45) is 0.890. The van der Waals surface area contributed by atoms with Crippen LogP contribution >= 0.6 is 15.9 Å². The average molecular weight is 286 g/mol. The molecule has 0 heterocycles. The molecule has 0 bridgehead atoms. The third-order valence-corrected chi connectivity index (χ3v) is 3.59. The van der Waals surface area contributed by atoms with Crippen molar-refractivity contribution in [3.63, 3.8) is 0 Å². The summed E-state index contributed by atoms with van der Waals surface area (Å²) >= 11 is 3.56. The quantitative estimate of drug-likeness (QED) is 0.886. The van der Waals surface area contributed by atoms with E-state index in [0.717, 1.165) is 22.0 Å². The molecule has 1 atom stereocenters. The molecule has 2 nitrogen and oxygen atoms in total. The molecule has 3 N–H and O–H groups in total. The van der Waals surface area contributed by atoms with Gasteiger partial charge in [-0.1, -0.05) is 36.7 Å². The van der Waals surface area contributed by atoms with E-state index in [1.54, 1.807) is 0 Å². The van der Waals surface area contributed by atoms with Crippen LogP contribution in [0, 0.1) is 0 Å². The van der Waals surface area contributed by atoms with E-state index in [2.05, 4.69) is 36.7 Å². The van der Waals surface area contributed by atoms with Crippen LogP contribution in [0.15, 0.2) is 16.6 Å². The second-order valence-corrected chi connectivity index (χ2v) is 5.42. The number of hydrogen-bond donors (Lipinski definition) is 2. The molecule has 0 aliphatic heterocycles. The number of rotatable bonds is 4. The van der Waals surface area contributed by atoms with Crippen LogP contribution in [-0.2, 0) is 0 Å². The fraction of sp³-hybridized carbons (Fsp3) is 0.538. The normalized spacial score (nSPS) is 13.1. The molecule has 0 aliphatic carbocycles. The zero-order valence-electron chi connectivity index (χ0n) is 10.1. The molecule has 0 amide bonds. The minimum absolute atomic E-state index is 0.294. The van der Waals surface area contributed by atoms with Crippen LogP contribution in [-0.4, -0.2) is 11.7 Å². The molecular formula is C13H20BrNO. The van der Waals surface area contributed by atoms with Crippen LogP contribution in [0.1, 0.15) is 50.2 Å². The Kier molecular flexibility index (Phi) is 4.81. The van der Waals surface area contributed by atoms with Crippen molar-refractivity contribution in [1.29, 1.82) is 0 Å². The second kappa shape index (κ2) is 5.69. The maximum absolute atomic E-state index is 10.0. The van der Waals surface area contributed by atoms with Gasteiger partial charge < -0.3 is 10.8 Å². The molecule has 0 radical (unpaired) electrons. The molecule has 1 aromatic carbocycles. The molecule has 0 fully saturated rings. The van der Waals surface area contributed by atoms with Gasteiger partial charge in [0.1, 0.15) is 5.75 Å². The molecule has 1 unspecified atom stereocenters.